The van der Waals surface area contributed by atoms with Crippen LogP contribution < -0.4 is 14.8 Å². The lowest BCUT2D eigenvalue weighted by Gasteiger charge is -2.29. The highest BCUT2D eigenvalue weighted by Gasteiger charge is 2.36. The Bertz CT molecular complexity index is 1830. The molecular formula is C34H33BrClN5O6S. The number of carbonyl (C=O) groups is 2. The SMILES string of the molecule is COc1cc(C2C(C(=O)OCc3ccccc3)=C(C)Nc3nc(SCc4ccccc4Cl)nn32)cc(Br)c1OCC(=O)N1CCOCC1. The fourth-order valence-electron chi connectivity index (χ4n) is 5.40. The number of anilines is 1. The fraction of sp³-hybridized carbons (Fsp3) is 0.294. The number of rotatable bonds is 11. The predicted octanol–water partition coefficient (Wildman–Crippen LogP) is 6.26. The minimum Gasteiger partial charge on any atom is -0.493 e. The van der Waals surface area contributed by atoms with Crippen LogP contribution in [-0.2, 0) is 31.4 Å². The smallest absolute Gasteiger partial charge is 0.338 e. The Kier molecular flexibility index (Phi) is 10.9. The number of aromatic nitrogens is 3. The van der Waals surface area contributed by atoms with E-state index < -0.39 is 12.0 Å². The zero-order chi connectivity index (χ0) is 33.6. The van der Waals surface area contributed by atoms with Gasteiger partial charge >= 0.3 is 5.97 Å². The number of ether oxygens (including phenoxy) is 4. The van der Waals surface area contributed by atoms with Crippen LogP contribution in [0.4, 0.5) is 5.95 Å². The molecule has 2 aliphatic rings. The van der Waals surface area contributed by atoms with Gasteiger partial charge in [-0.2, -0.15) is 4.98 Å². The summed E-state index contributed by atoms with van der Waals surface area (Å²) in [6, 6.07) is 20.0. The maximum absolute atomic E-state index is 13.8. The number of allylic oxidation sites excluding steroid dienone is 1. The van der Waals surface area contributed by atoms with E-state index >= 15 is 0 Å². The molecule has 0 radical (unpaired) electrons. The van der Waals surface area contributed by atoms with E-state index in [9.17, 15) is 9.59 Å². The standard InChI is InChI=1S/C34H33BrClN5O6S/c1-21-29(32(43)47-18-22-8-4-3-5-9-22)30(41-33(37-21)38-34(39-41)48-20-23-10-6-7-11-26(23)36)24-16-25(35)31(27(17-24)44-2)46-19-28(42)40-12-14-45-15-13-40/h3-11,16-17,30H,12-15,18-20H2,1-2H3,(H,37,38,39). The highest BCUT2D eigenvalue weighted by Crippen LogP contribution is 2.43. The molecule has 3 heterocycles. The van der Waals surface area contributed by atoms with E-state index in [4.69, 9.17) is 40.6 Å². The number of nitrogens with one attached hydrogen (secondary N) is 1. The molecule has 1 saturated heterocycles. The molecule has 4 aromatic rings. The number of methoxy groups -OCH3 is 1. The highest BCUT2D eigenvalue weighted by molar-refractivity contribution is 9.10. The van der Waals surface area contributed by atoms with Crippen LogP contribution in [0.2, 0.25) is 5.02 Å². The van der Waals surface area contributed by atoms with Crippen LogP contribution in [0, 0.1) is 0 Å². The number of amides is 1. The third kappa shape index (κ3) is 7.64. The molecule has 1 fully saturated rings. The van der Waals surface area contributed by atoms with Crippen molar-refractivity contribution in [2.24, 2.45) is 0 Å². The van der Waals surface area contributed by atoms with Gasteiger partial charge < -0.3 is 29.2 Å². The van der Waals surface area contributed by atoms with Crippen molar-refractivity contribution in [1.82, 2.24) is 19.7 Å². The maximum Gasteiger partial charge on any atom is 0.338 e. The zero-order valence-electron chi connectivity index (χ0n) is 26.3. The van der Waals surface area contributed by atoms with Crippen molar-refractivity contribution >= 4 is 57.1 Å². The van der Waals surface area contributed by atoms with Gasteiger partial charge in [-0.05, 0) is 57.7 Å². The molecule has 0 aliphatic carbocycles. The molecule has 1 N–H and O–H groups in total. The van der Waals surface area contributed by atoms with Crippen LogP contribution in [0.25, 0.3) is 0 Å². The summed E-state index contributed by atoms with van der Waals surface area (Å²) in [5.41, 5.74) is 3.41. The van der Waals surface area contributed by atoms with Crippen molar-refractivity contribution in [2.75, 3.05) is 45.3 Å². The molecule has 1 amide bonds. The van der Waals surface area contributed by atoms with Crippen molar-refractivity contribution in [2.45, 2.75) is 30.5 Å². The molecule has 3 aromatic carbocycles. The molecule has 1 unspecified atom stereocenters. The van der Waals surface area contributed by atoms with Gasteiger partial charge in [-0.3, -0.25) is 4.79 Å². The van der Waals surface area contributed by atoms with E-state index in [1.807, 2.05) is 67.6 Å². The fourth-order valence-corrected chi connectivity index (χ4v) is 7.09. The van der Waals surface area contributed by atoms with Crippen LogP contribution in [0.5, 0.6) is 11.5 Å². The minimum atomic E-state index is -0.735. The third-order valence-corrected chi connectivity index (χ3v) is 9.70. The predicted molar refractivity (Wildman–Crippen MR) is 185 cm³/mol. The second-order valence-corrected chi connectivity index (χ2v) is 13.2. The van der Waals surface area contributed by atoms with Gasteiger partial charge in [-0.25, -0.2) is 9.48 Å². The summed E-state index contributed by atoms with van der Waals surface area (Å²) >= 11 is 11.5. The summed E-state index contributed by atoms with van der Waals surface area (Å²) in [6.45, 7) is 3.77. The topological polar surface area (TPSA) is 117 Å². The Morgan fingerprint density at radius 3 is 2.60 bits per heavy atom. The number of hydrogen-bond acceptors (Lipinski definition) is 10. The number of thioether (sulfide) groups is 1. The van der Waals surface area contributed by atoms with Crippen molar-refractivity contribution in [3.63, 3.8) is 0 Å². The minimum absolute atomic E-state index is 0.100. The normalized spacial score (nSPS) is 15.8. The van der Waals surface area contributed by atoms with Gasteiger partial charge in [0.05, 0.1) is 30.4 Å². The van der Waals surface area contributed by atoms with Crippen molar-refractivity contribution < 1.29 is 28.5 Å². The van der Waals surface area contributed by atoms with Crippen LogP contribution >= 0.6 is 39.3 Å². The van der Waals surface area contributed by atoms with Crippen molar-refractivity contribution in [3.05, 3.63) is 104 Å². The lowest BCUT2D eigenvalue weighted by atomic mass is 9.95. The third-order valence-electron chi connectivity index (χ3n) is 7.85. The Labute approximate surface area is 295 Å². The number of benzene rings is 3. The van der Waals surface area contributed by atoms with E-state index in [2.05, 4.69) is 21.2 Å². The number of halogens is 2. The molecule has 1 aromatic heterocycles. The largest absolute Gasteiger partial charge is 0.493 e. The number of hydrogen-bond donors (Lipinski definition) is 1. The Hall–Kier alpha value is -4.04. The van der Waals surface area contributed by atoms with Gasteiger partial charge in [-0.1, -0.05) is 71.9 Å². The number of carbonyl (C=O) groups excluding carboxylic acids is 2. The summed E-state index contributed by atoms with van der Waals surface area (Å²) in [4.78, 5) is 33.1. The van der Waals surface area contributed by atoms with Crippen LogP contribution in [0.15, 0.2) is 87.6 Å². The second kappa shape index (κ2) is 15.5. The second-order valence-electron chi connectivity index (χ2n) is 11.0. The van der Waals surface area contributed by atoms with Crippen LogP contribution in [0.1, 0.15) is 29.7 Å². The molecule has 0 spiro atoms. The number of esters is 1. The molecule has 0 bridgehead atoms. The van der Waals surface area contributed by atoms with Crippen LogP contribution in [0.3, 0.4) is 0 Å². The molecule has 6 rings (SSSR count). The first-order valence-electron chi connectivity index (χ1n) is 15.2. The monoisotopic (exact) mass is 753 g/mol. The first kappa shape index (κ1) is 33.8. The molecule has 48 heavy (non-hydrogen) atoms. The lowest BCUT2D eigenvalue weighted by molar-refractivity contribution is -0.141. The molecule has 250 valence electrons. The van der Waals surface area contributed by atoms with E-state index in [0.29, 0.717) is 81.0 Å². The van der Waals surface area contributed by atoms with Gasteiger partial charge in [0.15, 0.2) is 18.1 Å². The van der Waals surface area contributed by atoms with Crippen molar-refractivity contribution in [1.29, 1.82) is 0 Å². The molecule has 2 aliphatic heterocycles. The lowest BCUT2D eigenvalue weighted by Crippen LogP contribution is -2.43. The van der Waals surface area contributed by atoms with Gasteiger partial charge in [0.1, 0.15) is 12.6 Å². The maximum atomic E-state index is 13.8. The first-order valence-corrected chi connectivity index (χ1v) is 17.4. The average Bonchev–Trinajstić information content (AvgIpc) is 3.51. The average molecular weight is 755 g/mol. The molecule has 14 heteroatoms. The van der Waals surface area contributed by atoms with Crippen molar-refractivity contribution in [3.8, 4) is 11.5 Å². The number of morpholine rings is 1. The quantitative estimate of drug-likeness (QED) is 0.139. The van der Waals surface area contributed by atoms with E-state index in [1.54, 1.807) is 15.6 Å². The highest BCUT2D eigenvalue weighted by atomic mass is 79.9. The summed E-state index contributed by atoms with van der Waals surface area (Å²) in [7, 11) is 1.52. The Balaban J connectivity index is 1.32. The summed E-state index contributed by atoms with van der Waals surface area (Å²) in [5.74, 6) is 1.10. The van der Waals surface area contributed by atoms with E-state index in [1.165, 1.54) is 18.9 Å². The zero-order valence-corrected chi connectivity index (χ0v) is 29.4. The van der Waals surface area contributed by atoms with Gasteiger partial charge in [0.25, 0.3) is 5.91 Å². The number of fused-ring (bicyclic) bond motifs is 1. The Morgan fingerprint density at radius 2 is 1.85 bits per heavy atom. The Morgan fingerprint density at radius 1 is 1.10 bits per heavy atom. The molecule has 0 saturated carbocycles. The first-order chi connectivity index (χ1) is 23.3. The summed E-state index contributed by atoms with van der Waals surface area (Å²) < 4.78 is 25.1. The van der Waals surface area contributed by atoms with Gasteiger partial charge in [0.2, 0.25) is 11.1 Å². The van der Waals surface area contributed by atoms with Crippen LogP contribution in [-0.4, -0.2) is 71.6 Å². The summed E-state index contributed by atoms with van der Waals surface area (Å²) in [6.07, 6.45) is 0. The molecular weight excluding hydrogens is 722 g/mol. The van der Waals surface area contributed by atoms with E-state index in [0.717, 1.165) is 11.1 Å². The van der Waals surface area contributed by atoms with E-state index in [-0.39, 0.29) is 19.1 Å². The van der Waals surface area contributed by atoms with Gasteiger partial charge in [-0.15, -0.1) is 5.10 Å². The molecule has 11 nitrogen and oxygen atoms in total. The number of nitrogens with zero attached hydrogens (tertiary/aromatic N) is 4. The molecule has 1 atom stereocenters. The van der Waals surface area contributed by atoms with Gasteiger partial charge in [0, 0.05) is 29.6 Å². The summed E-state index contributed by atoms with van der Waals surface area (Å²) in [5, 5.41) is 9.24.